The van der Waals surface area contributed by atoms with E-state index in [0.29, 0.717) is 12.5 Å². The van der Waals surface area contributed by atoms with Crippen LogP contribution in [0.5, 0.6) is 0 Å². The number of allylic oxidation sites excluding steroid dienone is 2. The maximum Gasteiger partial charge on any atom is 0.314 e. The van der Waals surface area contributed by atoms with Crippen LogP contribution in [0, 0.1) is 11.8 Å². The maximum absolute atomic E-state index is 11.6. The van der Waals surface area contributed by atoms with E-state index in [-0.39, 0.29) is 6.03 Å². The Balaban J connectivity index is 1.39. The van der Waals surface area contributed by atoms with Crippen molar-refractivity contribution in [1.82, 2.24) is 10.6 Å². The summed E-state index contributed by atoms with van der Waals surface area (Å²) >= 11 is 0. The maximum atomic E-state index is 11.6. The van der Waals surface area contributed by atoms with Crippen LogP contribution in [0.2, 0.25) is 0 Å². The van der Waals surface area contributed by atoms with Gasteiger partial charge in [0, 0.05) is 26.3 Å². The van der Waals surface area contributed by atoms with E-state index < -0.39 is 0 Å². The first-order chi connectivity index (χ1) is 9.34. The highest BCUT2D eigenvalue weighted by Gasteiger charge is 2.20. The van der Waals surface area contributed by atoms with Gasteiger partial charge in [-0.1, -0.05) is 12.2 Å². The summed E-state index contributed by atoms with van der Waals surface area (Å²) in [5, 5.41) is 5.82. The molecule has 0 heterocycles. The molecule has 0 aromatic carbocycles. The molecule has 1 fully saturated rings. The largest absolute Gasteiger partial charge is 0.381 e. The summed E-state index contributed by atoms with van der Waals surface area (Å²) in [5.41, 5.74) is 0. The molecule has 0 spiro atoms. The number of urea groups is 1. The lowest BCUT2D eigenvalue weighted by Crippen LogP contribution is -2.39. The molecule has 19 heavy (non-hydrogen) atoms. The average Bonchev–Trinajstić information content (AvgIpc) is 3.26. The van der Waals surface area contributed by atoms with Gasteiger partial charge >= 0.3 is 6.03 Å². The van der Waals surface area contributed by atoms with E-state index >= 15 is 0 Å². The summed E-state index contributed by atoms with van der Waals surface area (Å²) in [7, 11) is 0. The fraction of sp³-hybridized carbons (Fsp3) is 0.800. The minimum absolute atomic E-state index is 0.0447. The Morgan fingerprint density at radius 1 is 1.16 bits per heavy atom. The topological polar surface area (TPSA) is 50.4 Å². The number of rotatable bonds is 8. The molecule has 2 aliphatic rings. The third-order valence-electron chi connectivity index (χ3n) is 3.73. The Hall–Kier alpha value is -1.03. The van der Waals surface area contributed by atoms with Crippen LogP contribution in [0.3, 0.4) is 0 Å². The van der Waals surface area contributed by atoms with Gasteiger partial charge in [0.05, 0.1) is 0 Å². The van der Waals surface area contributed by atoms with E-state index in [1.54, 1.807) is 0 Å². The normalized spacial score (nSPS) is 22.2. The number of ether oxygens (including phenoxy) is 1. The van der Waals surface area contributed by atoms with Crippen LogP contribution in [0.25, 0.3) is 0 Å². The highest BCUT2D eigenvalue weighted by molar-refractivity contribution is 5.73. The van der Waals surface area contributed by atoms with Gasteiger partial charge in [-0.05, 0) is 50.4 Å². The number of carbonyl (C=O) groups excluding carboxylic acids is 1. The first-order valence-electron chi connectivity index (χ1n) is 7.59. The van der Waals surface area contributed by atoms with Crippen LogP contribution >= 0.6 is 0 Å². The first-order valence-corrected chi connectivity index (χ1v) is 7.59. The Kier molecular flexibility index (Phi) is 6.21. The third-order valence-corrected chi connectivity index (χ3v) is 3.73. The number of carbonyl (C=O) groups is 1. The van der Waals surface area contributed by atoms with Gasteiger partial charge in [0.25, 0.3) is 0 Å². The summed E-state index contributed by atoms with van der Waals surface area (Å²) in [6.45, 7) is 3.14. The lowest BCUT2D eigenvalue weighted by atomic mass is 9.94. The predicted octanol–water partition coefficient (Wildman–Crippen LogP) is 2.46. The molecule has 1 atom stereocenters. The average molecular weight is 266 g/mol. The number of hydrogen-bond acceptors (Lipinski definition) is 2. The molecule has 0 saturated heterocycles. The molecule has 2 aliphatic carbocycles. The zero-order valence-electron chi connectivity index (χ0n) is 11.7. The molecule has 0 aromatic heterocycles. The van der Waals surface area contributed by atoms with E-state index in [4.69, 9.17) is 4.74 Å². The lowest BCUT2D eigenvalue weighted by molar-refractivity contribution is 0.122. The molecule has 0 aliphatic heterocycles. The van der Waals surface area contributed by atoms with Gasteiger partial charge in [0.2, 0.25) is 0 Å². The van der Waals surface area contributed by atoms with Crippen molar-refractivity contribution in [2.75, 3.05) is 26.3 Å². The molecule has 2 amide bonds. The quantitative estimate of drug-likeness (QED) is 0.524. The van der Waals surface area contributed by atoms with Crippen molar-refractivity contribution < 1.29 is 9.53 Å². The third kappa shape index (κ3) is 6.62. The molecule has 4 heteroatoms. The number of hydrogen-bond donors (Lipinski definition) is 2. The SMILES string of the molecule is O=C(NCCCOCC1CC1)NCC1CC=CCC1. The van der Waals surface area contributed by atoms with Crippen LogP contribution in [-0.4, -0.2) is 32.3 Å². The zero-order chi connectivity index (χ0) is 13.3. The molecular weight excluding hydrogens is 240 g/mol. The van der Waals surface area contributed by atoms with Gasteiger partial charge in [-0.3, -0.25) is 0 Å². The van der Waals surface area contributed by atoms with Crippen LogP contribution in [0.4, 0.5) is 4.79 Å². The standard InChI is InChI=1S/C15H26N2O2/c18-15(17-11-13-5-2-1-3-6-13)16-9-4-10-19-12-14-7-8-14/h1-2,13-14H,3-12H2,(H2,16,17,18). The number of nitrogens with one attached hydrogen (secondary N) is 2. The smallest absolute Gasteiger partial charge is 0.314 e. The second-order valence-corrected chi connectivity index (χ2v) is 5.66. The van der Waals surface area contributed by atoms with Crippen molar-refractivity contribution in [2.24, 2.45) is 11.8 Å². The molecular formula is C15H26N2O2. The van der Waals surface area contributed by atoms with Gasteiger partial charge in [-0.25, -0.2) is 4.79 Å². The molecule has 0 aromatic rings. The Bertz CT molecular complexity index is 301. The summed E-state index contributed by atoms with van der Waals surface area (Å²) in [6.07, 6.45) is 11.4. The molecule has 0 radical (unpaired) electrons. The predicted molar refractivity (Wildman–Crippen MR) is 76.0 cm³/mol. The molecule has 0 bridgehead atoms. The summed E-state index contributed by atoms with van der Waals surface area (Å²) in [5.74, 6) is 1.43. The minimum atomic E-state index is -0.0447. The highest BCUT2D eigenvalue weighted by Crippen LogP contribution is 2.28. The van der Waals surface area contributed by atoms with Crippen molar-refractivity contribution in [2.45, 2.75) is 38.5 Å². The summed E-state index contributed by atoms with van der Waals surface area (Å²) in [6, 6.07) is -0.0447. The Morgan fingerprint density at radius 3 is 2.79 bits per heavy atom. The van der Waals surface area contributed by atoms with E-state index in [1.165, 1.54) is 19.3 Å². The van der Waals surface area contributed by atoms with Crippen LogP contribution in [0.15, 0.2) is 12.2 Å². The number of amides is 2. The van der Waals surface area contributed by atoms with Gasteiger partial charge < -0.3 is 15.4 Å². The van der Waals surface area contributed by atoms with Crippen molar-refractivity contribution in [3.05, 3.63) is 12.2 Å². The molecule has 1 unspecified atom stereocenters. The van der Waals surface area contributed by atoms with Crippen LogP contribution in [0.1, 0.15) is 38.5 Å². The van der Waals surface area contributed by atoms with Crippen molar-refractivity contribution >= 4 is 6.03 Å². The molecule has 2 rings (SSSR count). The molecule has 108 valence electrons. The van der Waals surface area contributed by atoms with Gasteiger partial charge in [-0.15, -0.1) is 0 Å². The summed E-state index contributed by atoms with van der Waals surface area (Å²) in [4.78, 5) is 11.6. The van der Waals surface area contributed by atoms with Crippen LogP contribution in [-0.2, 0) is 4.74 Å². The van der Waals surface area contributed by atoms with E-state index in [0.717, 1.165) is 44.9 Å². The fourth-order valence-electron chi connectivity index (χ4n) is 2.25. The van der Waals surface area contributed by atoms with E-state index in [1.807, 2.05) is 0 Å². The molecule has 1 saturated carbocycles. The van der Waals surface area contributed by atoms with Crippen molar-refractivity contribution in [3.63, 3.8) is 0 Å². The minimum Gasteiger partial charge on any atom is -0.381 e. The molecule has 4 nitrogen and oxygen atoms in total. The van der Waals surface area contributed by atoms with Crippen LogP contribution < -0.4 is 10.6 Å². The summed E-state index contributed by atoms with van der Waals surface area (Å²) < 4.78 is 5.52. The van der Waals surface area contributed by atoms with Gasteiger partial charge in [0.15, 0.2) is 0 Å². The second kappa shape index (κ2) is 8.20. The first kappa shape index (κ1) is 14.4. The monoisotopic (exact) mass is 266 g/mol. The van der Waals surface area contributed by atoms with Gasteiger partial charge in [-0.2, -0.15) is 0 Å². The van der Waals surface area contributed by atoms with E-state index in [2.05, 4.69) is 22.8 Å². The van der Waals surface area contributed by atoms with Crippen molar-refractivity contribution in [3.8, 4) is 0 Å². The Labute approximate surface area is 116 Å². The highest BCUT2D eigenvalue weighted by atomic mass is 16.5. The fourth-order valence-corrected chi connectivity index (χ4v) is 2.25. The molecule has 2 N–H and O–H groups in total. The second-order valence-electron chi connectivity index (χ2n) is 5.66. The van der Waals surface area contributed by atoms with Crippen molar-refractivity contribution in [1.29, 1.82) is 0 Å². The zero-order valence-corrected chi connectivity index (χ0v) is 11.7. The van der Waals surface area contributed by atoms with Gasteiger partial charge in [0.1, 0.15) is 0 Å². The lowest BCUT2D eigenvalue weighted by Gasteiger charge is -2.18. The Morgan fingerprint density at radius 2 is 2.05 bits per heavy atom. The van der Waals surface area contributed by atoms with E-state index in [9.17, 15) is 4.79 Å².